The van der Waals surface area contributed by atoms with E-state index in [9.17, 15) is 28.0 Å². The lowest BCUT2D eigenvalue weighted by atomic mass is 9.74. The Hall–Kier alpha value is -3.42. The number of nitriles is 1. The maximum atomic E-state index is 12.9. The van der Waals surface area contributed by atoms with Crippen LogP contribution in [0, 0.1) is 16.7 Å². The summed E-state index contributed by atoms with van der Waals surface area (Å²) in [6.45, 7) is 7.32. The van der Waals surface area contributed by atoms with Crippen LogP contribution in [0.3, 0.4) is 0 Å². The molecule has 1 N–H and O–H groups in total. The summed E-state index contributed by atoms with van der Waals surface area (Å²) in [4.78, 5) is 34.5. The zero-order chi connectivity index (χ0) is 26.0. The van der Waals surface area contributed by atoms with E-state index >= 15 is 0 Å². The Labute approximate surface area is 201 Å². The van der Waals surface area contributed by atoms with E-state index in [0.29, 0.717) is 30.6 Å². The fourth-order valence-electron chi connectivity index (χ4n) is 3.98. The molecule has 2 amide bonds. The van der Waals surface area contributed by atoms with E-state index < -0.39 is 40.9 Å². The lowest BCUT2D eigenvalue weighted by Crippen LogP contribution is -2.48. The van der Waals surface area contributed by atoms with E-state index in [1.54, 1.807) is 33.8 Å². The van der Waals surface area contributed by atoms with Crippen LogP contribution in [0.25, 0.3) is 0 Å². The lowest BCUT2D eigenvalue weighted by Gasteiger charge is -2.30. The van der Waals surface area contributed by atoms with Gasteiger partial charge in [-0.1, -0.05) is 12.1 Å². The summed E-state index contributed by atoms with van der Waals surface area (Å²) in [5, 5.41) is 12.5. The van der Waals surface area contributed by atoms with Crippen LogP contribution in [0.2, 0.25) is 0 Å². The predicted molar refractivity (Wildman–Crippen MR) is 121 cm³/mol. The van der Waals surface area contributed by atoms with E-state index in [4.69, 9.17) is 4.74 Å². The Morgan fingerprint density at radius 2 is 2.03 bits per heavy atom. The molecule has 3 rings (SSSR count). The van der Waals surface area contributed by atoms with E-state index in [2.05, 4.69) is 21.4 Å². The van der Waals surface area contributed by atoms with Crippen molar-refractivity contribution in [1.82, 2.24) is 15.2 Å². The van der Waals surface area contributed by atoms with E-state index in [0.717, 1.165) is 12.3 Å². The zero-order valence-electron chi connectivity index (χ0n) is 20.0. The molecule has 35 heavy (non-hydrogen) atoms. The molecule has 188 valence electrons. The maximum absolute atomic E-state index is 12.9. The number of aromatic nitrogens is 1. The first-order valence-corrected chi connectivity index (χ1v) is 11.2. The molecule has 0 spiro atoms. The van der Waals surface area contributed by atoms with Crippen LogP contribution in [-0.2, 0) is 15.7 Å². The number of nitrogens with one attached hydrogen (secondary N) is 1. The Morgan fingerprint density at radius 3 is 2.60 bits per heavy atom. The summed E-state index contributed by atoms with van der Waals surface area (Å²) in [7, 11) is 0. The van der Waals surface area contributed by atoms with E-state index in [1.807, 2.05) is 0 Å². The fourth-order valence-corrected chi connectivity index (χ4v) is 3.98. The van der Waals surface area contributed by atoms with Gasteiger partial charge in [-0.25, -0.2) is 4.79 Å². The molecule has 1 fully saturated rings. The Bertz CT molecular complexity index is 1070. The molecule has 0 aliphatic carbocycles. The summed E-state index contributed by atoms with van der Waals surface area (Å²) in [5.41, 5.74) is -1.94. The van der Waals surface area contributed by atoms with Gasteiger partial charge in [0.2, 0.25) is 5.91 Å². The van der Waals surface area contributed by atoms with Crippen molar-refractivity contribution in [3.63, 3.8) is 0 Å². The average molecular weight is 492 g/mol. The van der Waals surface area contributed by atoms with Gasteiger partial charge < -0.3 is 10.1 Å². The van der Waals surface area contributed by atoms with Crippen LogP contribution in [0.5, 0.6) is 0 Å². The molecule has 2 unspecified atom stereocenters. The number of amides is 2. The van der Waals surface area contributed by atoms with Crippen molar-refractivity contribution in [3.05, 3.63) is 41.4 Å². The molecule has 0 saturated carbocycles. The van der Waals surface area contributed by atoms with Gasteiger partial charge in [0.25, 0.3) is 0 Å². The van der Waals surface area contributed by atoms with Crippen LogP contribution >= 0.6 is 0 Å². The molecule has 0 bridgehead atoms. The number of allylic oxidation sites excluding steroid dienone is 1. The molecule has 8 nitrogen and oxygen atoms in total. The molecule has 2 aliphatic heterocycles. The van der Waals surface area contributed by atoms with Gasteiger partial charge in [-0.05, 0) is 52.2 Å². The van der Waals surface area contributed by atoms with Crippen LogP contribution < -0.4 is 5.32 Å². The van der Waals surface area contributed by atoms with Gasteiger partial charge in [-0.15, -0.1) is 0 Å². The van der Waals surface area contributed by atoms with Crippen molar-refractivity contribution in [2.24, 2.45) is 10.4 Å². The largest absolute Gasteiger partial charge is 0.444 e. The smallest absolute Gasteiger partial charge is 0.433 e. The minimum atomic E-state index is -4.57. The second-order valence-corrected chi connectivity index (χ2v) is 9.81. The standard InChI is InChI=1S/C24H28F3N5O3/c1-22(2,3)35-21(34)32-9-5-6-18(32)20(33)30-12-16-10-17(23(4,13-28)14-31-16)15-7-8-19(29-11-15)24(25,26)27/h7-8,10-11,14,17-18H,5-6,9,12H2,1-4H3,(H,30,33)/t17?,18-,23?/m0/s1. The number of rotatable bonds is 4. The fraction of sp³-hybridized carbons (Fsp3) is 0.542. The predicted octanol–water partition coefficient (Wildman–Crippen LogP) is 4.20. The van der Waals surface area contributed by atoms with Gasteiger partial charge in [0.15, 0.2) is 0 Å². The second kappa shape index (κ2) is 9.68. The molecule has 0 aromatic carbocycles. The number of halogens is 3. The minimum Gasteiger partial charge on any atom is -0.444 e. The first-order valence-electron chi connectivity index (χ1n) is 11.2. The van der Waals surface area contributed by atoms with E-state index in [1.165, 1.54) is 17.2 Å². The highest BCUT2D eigenvalue weighted by molar-refractivity contribution is 5.86. The molecule has 2 aliphatic rings. The molecule has 3 atom stereocenters. The third-order valence-electron chi connectivity index (χ3n) is 5.81. The number of ether oxygens (including phenoxy) is 1. The van der Waals surface area contributed by atoms with Crippen LogP contribution in [0.4, 0.5) is 18.0 Å². The summed E-state index contributed by atoms with van der Waals surface area (Å²) < 4.78 is 44.0. The van der Waals surface area contributed by atoms with Crippen molar-refractivity contribution in [3.8, 4) is 6.07 Å². The average Bonchev–Trinajstić information content (AvgIpc) is 3.27. The minimum absolute atomic E-state index is 0.0278. The van der Waals surface area contributed by atoms with Crippen molar-refractivity contribution < 1.29 is 27.5 Å². The van der Waals surface area contributed by atoms with Gasteiger partial charge in [-0.3, -0.25) is 19.7 Å². The Kier molecular flexibility index (Phi) is 7.24. The van der Waals surface area contributed by atoms with Gasteiger partial charge >= 0.3 is 12.3 Å². The van der Waals surface area contributed by atoms with Crippen molar-refractivity contribution >= 4 is 18.2 Å². The van der Waals surface area contributed by atoms with Gasteiger partial charge in [-0.2, -0.15) is 18.4 Å². The quantitative estimate of drug-likeness (QED) is 0.679. The second-order valence-electron chi connectivity index (χ2n) is 9.81. The summed E-state index contributed by atoms with van der Waals surface area (Å²) in [6.07, 6.45) is 0.231. The summed E-state index contributed by atoms with van der Waals surface area (Å²) in [6, 6.07) is 3.65. The molecular weight excluding hydrogens is 463 g/mol. The molecule has 0 radical (unpaired) electrons. The molecule has 1 saturated heterocycles. The van der Waals surface area contributed by atoms with Gasteiger partial charge in [0.1, 0.15) is 17.3 Å². The molecule has 11 heteroatoms. The van der Waals surface area contributed by atoms with E-state index in [-0.39, 0.29) is 12.5 Å². The number of hydrogen-bond donors (Lipinski definition) is 1. The molecule has 1 aromatic heterocycles. The first kappa shape index (κ1) is 26.2. The lowest BCUT2D eigenvalue weighted by molar-refractivity contribution is -0.141. The molecular formula is C24H28F3N5O3. The summed E-state index contributed by atoms with van der Waals surface area (Å²) >= 11 is 0. The van der Waals surface area contributed by atoms with Crippen LogP contribution in [0.1, 0.15) is 57.7 Å². The molecule has 1 aromatic rings. The Balaban J connectivity index is 1.72. The highest BCUT2D eigenvalue weighted by Gasteiger charge is 2.39. The number of hydrogen-bond acceptors (Lipinski definition) is 6. The monoisotopic (exact) mass is 491 g/mol. The SMILES string of the molecule is CC(C)(C)OC(=O)N1CCC[C@H]1C(=O)NCC1=CC(c2ccc(C(F)(F)F)nc2)C(C)(C#N)C=N1. The topological polar surface area (TPSA) is 108 Å². The molecule has 3 heterocycles. The first-order chi connectivity index (χ1) is 16.2. The van der Waals surface area contributed by atoms with Gasteiger partial charge in [0.05, 0.1) is 23.7 Å². The Morgan fingerprint density at radius 1 is 1.31 bits per heavy atom. The highest BCUT2D eigenvalue weighted by Crippen LogP contribution is 2.39. The van der Waals surface area contributed by atoms with Crippen molar-refractivity contribution in [2.75, 3.05) is 13.1 Å². The highest BCUT2D eigenvalue weighted by atomic mass is 19.4. The zero-order valence-corrected chi connectivity index (χ0v) is 20.0. The summed E-state index contributed by atoms with van der Waals surface area (Å²) in [5.74, 6) is -0.970. The van der Waals surface area contributed by atoms with Gasteiger partial charge in [0, 0.05) is 24.9 Å². The number of pyridine rings is 1. The normalized spacial score (nSPS) is 24.5. The number of carbonyl (C=O) groups is 2. The number of aliphatic imine (C=N–C) groups is 1. The number of carbonyl (C=O) groups excluding carboxylic acids is 2. The van der Waals surface area contributed by atoms with Crippen molar-refractivity contribution in [2.45, 2.75) is 64.3 Å². The third kappa shape index (κ3) is 6.18. The maximum Gasteiger partial charge on any atom is 0.433 e. The van der Waals surface area contributed by atoms with Crippen molar-refractivity contribution in [1.29, 1.82) is 5.26 Å². The third-order valence-corrected chi connectivity index (χ3v) is 5.81. The number of likely N-dealkylation sites (tertiary alicyclic amines) is 1. The van der Waals surface area contributed by atoms with Crippen LogP contribution in [0.15, 0.2) is 35.1 Å². The number of nitrogens with zero attached hydrogens (tertiary/aromatic N) is 4. The number of alkyl halides is 3. The van der Waals surface area contributed by atoms with Crippen LogP contribution in [-0.4, -0.2) is 52.8 Å².